The Morgan fingerprint density at radius 3 is 2.60 bits per heavy atom. The number of benzene rings is 1. The van der Waals surface area contributed by atoms with E-state index < -0.39 is 11.1 Å². The number of rotatable bonds is 4. The highest BCUT2D eigenvalue weighted by Crippen LogP contribution is 2.18. The standard InChI is InChI=1S/C14H13NO5/c16-14(19-10-11-4-2-1-3-5-11)20-13-8-6-12(7-9-13)15(17)18/h2,4-9H,1,3,10H2. The molecular formula is C14H13NO5. The number of carbonyl (C=O) groups is 1. The van der Waals surface area contributed by atoms with E-state index in [0.717, 1.165) is 18.4 Å². The van der Waals surface area contributed by atoms with Gasteiger partial charge in [-0.15, -0.1) is 0 Å². The summed E-state index contributed by atoms with van der Waals surface area (Å²) >= 11 is 0. The van der Waals surface area contributed by atoms with E-state index in [1.165, 1.54) is 24.3 Å². The number of hydrogen-bond donors (Lipinski definition) is 0. The Hall–Kier alpha value is -2.63. The summed E-state index contributed by atoms with van der Waals surface area (Å²) in [6, 6.07) is 5.21. The first-order valence-electron chi connectivity index (χ1n) is 6.10. The highest BCUT2D eigenvalue weighted by Gasteiger charge is 2.09. The van der Waals surface area contributed by atoms with Crippen molar-refractivity contribution in [2.45, 2.75) is 12.8 Å². The van der Waals surface area contributed by atoms with Crippen LogP contribution in [0.15, 0.2) is 48.1 Å². The van der Waals surface area contributed by atoms with Crippen LogP contribution in [0.5, 0.6) is 5.75 Å². The molecule has 104 valence electrons. The Kier molecular flexibility index (Phi) is 4.49. The summed E-state index contributed by atoms with van der Waals surface area (Å²) in [6.07, 6.45) is 7.02. The van der Waals surface area contributed by atoms with E-state index in [9.17, 15) is 14.9 Å². The van der Waals surface area contributed by atoms with Crippen molar-refractivity contribution in [3.05, 3.63) is 58.2 Å². The van der Waals surface area contributed by atoms with Crippen LogP contribution in [0.4, 0.5) is 10.5 Å². The van der Waals surface area contributed by atoms with Crippen molar-refractivity contribution in [1.29, 1.82) is 0 Å². The second-order valence-electron chi connectivity index (χ2n) is 4.15. The molecule has 6 nitrogen and oxygen atoms in total. The number of non-ortho nitro benzene ring substituents is 1. The van der Waals surface area contributed by atoms with Gasteiger partial charge in [-0.25, -0.2) is 4.79 Å². The topological polar surface area (TPSA) is 78.7 Å². The lowest BCUT2D eigenvalue weighted by Gasteiger charge is -2.08. The predicted octanol–water partition coefficient (Wildman–Crippen LogP) is 3.39. The van der Waals surface area contributed by atoms with Crippen molar-refractivity contribution in [2.75, 3.05) is 6.61 Å². The number of nitrogens with zero attached hydrogens (tertiary/aromatic N) is 1. The lowest BCUT2D eigenvalue weighted by Crippen LogP contribution is -2.12. The molecule has 0 saturated heterocycles. The van der Waals surface area contributed by atoms with Gasteiger partial charge < -0.3 is 9.47 Å². The van der Waals surface area contributed by atoms with Crippen molar-refractivity contribution in [2.24, 2.45) is 0 Å². The van der Waals surface area contributed by atoms with Gasteiger partial charge in [0, 0.05) is 12.1 Å². The Labute approximate surface area is 115 Å². The van der Waals surface area contributed by atoms with Crippen molar-refractivity contribution in [1.82, 2.24) is 0 Å². The van der Waals surface area contributed by atoms with Gasteiger partial charge in [0.2, 0.25) is 0 Å². The summed E-state index contributed by atoms with van der Waals surface area (Å²) in [7, 11) is 0. The average molecular weight is 275 g/mol. The van der Waals surface area contributed by atoms with Crippen molar-refractivity contribution >= 4 is 11.8 Å². The monoisotopic (exact) mass is 275 g/mol. The largest absolute Gasteiger partial charge is 0.514 e. The molecule has 0 aliphatic heterocycles. The third-order valence-electron chi connectivity index (χ3n) is 2.68. The fourth-order valence-corrected chi connectivity index (χ4v) is 1.68. The maximum atomic E-state index is 11.4. The molecule has 0 aromatic heterocycles. The van der Waals surface area contributed by atoms with Gasteiger partial charge in [-0.3, -0.25) is 10.1 Å². The van der Waals surface area contributed by atoms with Crippen LogP contribution in [0.1, 0.15) is 12.8 Å². The van der Waals surface area contributed by atoms with Gasteiger partial charge in [-0.2, -0.15) is 0 Å². The zero-order chi connectivity index (χ0) is 14.4. The van der Waals surface area contributed by atoms with Crippen LogP contribution < -0.4 is 4.74 Å². The second kappa shape index (κ2) is 6.51. The highest BCUT2D eigenvalue weighted by molar-refractivity contribution is 5.64. The average Bonchev–Trinajstić information content (AvgIpc) is 2.47. The number of ether oxygens (including phenoxy) is 2. The molecule has 1 aromatic carbocycles. The minimum Gasteiger partial charge on any atom is -0.429 e. The molecule has 0 atom stereocenters. The van der Waals surface area contributed by atoms with E-state index >= 15 is 0 Å². The fraction of sp³-hybridized carbons (Fsp3) is 0.214. The van der Waals surface area contributed by atoms with Crippen LogP contribution >= 0.6 is 0 Å². The molecular weight excluding hydrogens is 262 g/mol. The summed E-state index contributed by atoms with van der Waals surface area (Å²) in [5.41, 5.74) is 0.861. The SMILES string of the molecule is O=C(OCC1=CCCC=C1)Oc1ccc([N+](=O)[O-])cc1. The zero-order valence-electron chi connectivity index (χ0n) is 10.7. The molecule has 0 bridgehead atoms. The Morgan fingerprint density at radius 2 is 2.00 bits per heavy atom. The Morgan fingerprint density at radius 1 is 1.25 bits per heavy atom. The molecule has 20 heavy (non-hydrogen) atoms. The number of hydrogen-bond acceptors (Lipinski definition) is 5. The minimum atomic E-state index is -0.835. The molecule has 0 radical (unpaired) electrons. The Balaban J connectivity index is 1.83. The van der Waals surface area contributed by atoms with Gasteiger partial charge in [-0.1, -0.05) is 18.2 Å². The molecule has 0 spiro atoms. The molecule has 0 saturated carbocycles. The molecule has 0 heterocycles. The van der Waals surface area contributed by atoms with Crippen molar-refractivity contribution in [3.8, 4) is 5.75 Å². The molecule has 1 aromatic rings. The quantitative estimate of drug-likeness (QED) is 0.364. The summed E-state index contributed by atoms with van der Waals surface area (Å²) in [6.45, 7) is 0.155. The number of nitro groups is 1. The molecule has 0 amide bonds. The predicted molar refractivity (Wildman–Crippen MR) is 71.5 cm³/mol. The summed E-state index contributed by atoms with van der Waals surface area (Å²) in [4.78, 5) is 21.4. The summed E-state index contributed by atoms with van der Waals surface area (Å²) in [5, 5.41) is 10.5. The first-order valence-corrected chi connectivity index (χ1v) is 6.10. The number of carbonyl (C=O) groups excluding carboxylic acids is 1. The lowest BCUT2D eigenvalue weighted by atomic mass is 10.1. The maximum Gasteiger partial charge on any atom is 0.514 e. The van der Waals surface area contributed by atoms with Gasteiger partial charge in [0.15, 0.2) is 0 Å². The molecule has 2 rings (SSSR count). The van der Waals surface area contributed by atoms with Gasteiger partial charge in [-0.05, 0) is 30.5 Å². The first kappa shape index (κ1) is 13.8. The third kappa shape index (κ3) is 3.94. The van der Waals surface area contributed by atoms with Gasteiger partial charge >= 0.3 is 6.16 Å². The molecule has 1 aliphatic rings. The smallest absolute Gasteiger partial charge is 0.429 e. The molecule has 0 N–H and O–H groups in total. The fourth-order valence-electron chi connectivity index (χ4n) is 1.68. The second-order valence-corrected chi connectivity index (χ2v) is 4.15. The van der Waals surface area contributed by atoms with E-state index in [-0.39, 0.29) is 18.0 Å². The van der Waals surface area contributed by atoms with Crippen molar-refractivity contribution < 1.29 is 19.2 Å². The molecule has 1 aliphatic carbocycles. The van der Waals surface area contributed by atoms with E-state index in [2.05, 4.69) is 0 Å². The molecule has 0 fully saturated rings. The summed E-state index contributed by atoms with van der Waals surface area (Å²) < 4.78 is 9.85. The molecule has 0 unspecified atom stereocenters. The van der Waals surface area contributed by atoms with E-state index in [0.29, 0.717) is 0 Å². The van der Waals surface area contributed by atoms with Crippen LogP contribution in [-0.2, 0) is 4.74 Å². The lowest BCUT2D eigenvalue weighted by molar-refractivity contribution is -0.384. The Bertz CT molecular complexity index is 559. The van der Waals surface area contributed by atoms with Crippen LogP contribution in [0.25, 0.3) is 0 Å². The third-order valence-corrected chi connectivity index (χ3v) is 2.68. The van der Waals surface area contributed by atoms with E-state index in [1.807, 2.05) is 18.2 Å². The number of nitro benzene ring substituents is 1. The van der Waals surface area contributed by atoms with Crippen LogP contribution in [0, 0.1) is 10.1 Å². The minimum absolute atomic E-state index is 0.0665. The normalized spacial score (nSPS) is 13.5. The van der Waals surface area contributed by atoms with Crippen LogP contribution in [0.3, 0.4) is 0 Å². The van der Waals surface area contributed by atoms with Crippen molar-refractivity contribution in [3.63, 3.8) is 0 Å². The summed E-state index contributed by atoms with van der Waals surface area (Å²) in [5.74, 6) is 0.203. The molecule has 6 heteroatoms. The van der Waals surface area contributed by atoms with Gasteiger partial charge in [0.1, 0.15) is 12.4 Å². The van der Waals surface area contributed by atoms with Crippen LogP contribution in [0.2, 0.25) is 0 Å². The zero-order valence-corrected chi connectivity index (χ0v) is 10.7. The maximum absolute atomic E-state index is 11.4. The first-order chi connectivity index (χ1) is 9.65. The van der Waals surface area contributed by atoms with Gasteiger partial charge in [0.05, 0.1) is 4.92 Å². The van der Waals surface area contributed by atoms with Gasteiger partial charge in [0.25, 0.3) is 5.69 Å². The highest BCUT2D eigenvalue weighted by atomic mass is 16.7. The van der Waals surface area contributed by atoms with E-state index in [1.54, 1.807) is 0 Å². The number of allylic oxidation sites excluding steroid dienone is 2. The van der Waals surface area contributed by atoms with Crippen LogP contribution in [-0.4, -0.2) is 17.7 Å². The van der Waals surface area contributed by atoms with E-state index in [4.69, 9.17) is 9.47 Å².